The summed E-state index contributed by atoms with van der Waals surface area (Å²) in [5.74, 6) is -3.33. The number of hydrogen-bond acceptors (Lipinski definition) is 5. The number of carboxylic acid groups (broad SMARTS) is 2. The smallest absolute Gasteiger partial charge is 0.340 e. The lowest BCUT2D eigenvalue weighted by Crippen LogP contribution is -2.17. The van der Waals surface area contributed by atoms with E-state index in [1.165, 1.54) is 0 Å². The molecule has 0 amide bonds. The third-order valence-corrected chi connectivity index (χ3v) is 4.49. The maximum atomic E-state index is 11.8. The number of aromatic hydroxyl groups is 1. The average molecular weight is 373 g/mol. The fourth-order valence-corrected chi connectivity index (χ4v) is 2.95. The molecule has 0 aliphatic rings. The summed E-state index contributed by atoms with van der Waals surface area (Å²) in [5.41, 5.74) is -0.0135. The van der Waals surface area contributed by atoms with E-state index >= 15 is 0 Å². The van der Waals surface area contributed by atoms with E-state index in [1.807, 2.05) is 6.92 Å². The zero-order valence-corrected chi connectivity index (χ0v) is 15.5. The first-order valence-electron chi connectivity index (χ1n) is 8.68. The van der Waals surface area contributed by atoms with Gasteiger partial charge in [0.05, 0.1) is 24.1 Å². The largest absolute Gasteiger partial charge is 0.505 e. The third-order valence-electron chi connectivity index (χ3n) is 4.49. The number of aromatic nitrogens is 1. The van der Waals surface area contributed by atoms with Gasteiger partial charge >= 0.3 is 11.9 Å². The molecule has 0 saturated heterocycles. The molecule has 0 radical (unpaired) electrons. The van der Waals surface area contributed by atoms with Gasteiger partial charge in [-0.05, 0) is 30.5 Å². The van der Waals surface area contributed by atoms with Crippen molar-refractivity contribution in [3.63, 3.8) is 0 Å². The molecule has 1 heterocycles. The molecule has 0 aliphatic carbocycles. The summed E-state index contributed by atoms with van der Waals surface area (Å²) in [6.07, 6.45) is 1.89. The second-order valence-corrected chi connectivity index (χ2v) is 6.25. The predicted octanol–water partition coefficient (Wildman–Crippen LogP) is 3.69. The highest BCUT2D eigenvalue weighted by Crippen LogP contribution is 2.34. The lowest BCUT2D eigenvalue weighted by Gasteiger charge is -2.19. The van der Waals surface area contributed by atoms with Gasteiger partial charge in [-0.3, -0.25) is 4.98 Å². The number of aromatic carboxylic acids is 2. The molecule has 0 aliphatic heterocycles. The van der Waals surface area contributed by atoms with Gasteiger partial charge in [-0.25, -0.2) is 9.59 Å². The first kappa shape index (κ1) is 20.2. The van der Waals surface area contributed by atoms with Gasteiger partial charge in [-0.1, -0.05) is 32.4 Å². The highest BCUT2D eigenvalue weighted by Gasteiger charge is 2.30. The van der Waals surface area contributed by atoms with E-state index in [0.29, 0.717) is 18.6 Å². The molecule has 0 spiro atoms. The minimum absolute atomic E-state index is 0.119. The van der Waals surface area contributed by atoms with Crippen molar-refractivity contribution >= 4 is 11.9 Å². The molecule has 0 bridgehead atoms. The Kier molecular flexibility index (Phi) is 6.39. The van der Waals surface area contributed by atoms with Gasteiger partial charge in [-0.15, -0.1) is 0 Å². The Bertz CT molecular complexity index is 845. The lowest BCUT2D eigenvalue weighted by molar-refractivity contribution is 0.0646. The summed E-state index contributed by atoms with van der Waals surface area (Å²) in [6.45, 7) is 3.71. The van der Waals surface area contributed by atoms with Gasteiger partial charge in [-0.2, -0.15) is 0 Å². The number of pyridine rings is 1. The number of carbonyl (C=O) groups is 2. The van der Waals surface area contributed by atoms with Crippen LogP contribution in [0.25, 0.3) is 0 Å². The highest BCUT2D eigenvalue weighted by molar-refractivity contribution is 6.04. The Morgan fingerprint density at radius 3 is 2.19 bits per heavy atom. The van der Waals surface area contributed by atoms with Crippen molar-refractivity contribution in [1.82, 2.24) is 4.98 Å². The zero-order valence-electron chi connectivity index (χ0n) is 15.5. The van der Waals surface area contributed by atoms with E-state index in [-0.39, 0.29) is 11.4 Å². The van der Waals surface area contributed by atoms with Crippen LogP contribution >= 0.6 is 0 Å². The normalized spacial score (nSPS) is 11.8. The molecule has 3 N–H and O–H groups in total. The molecular formula is C20H23NO6. The van der Waals surface area contributed by atoms with Crippen molar-refractivity contribution in [3.8, 4) is 11.5 Å². The van der Waals surface area contributed by atoms with Crippen molar-refractivity contribution in [2.45, 2.75) is 39.0 Å². The van der Waals surface area contributed by atoms with E-state index in [2.05, 4.69) is 4.98 Å². The quantitative estimate of drug-likeness (QED) is 0.646. The number of nitrogens with zero attached hydrogens (tertiary/aromatic N) is 1. The molecule has 2 aromatic rings. The number of benzene rings is 1. The van der Waals surface area contributed by atoms with Crippen molar-refractivity contribution < 1.29 is 29.6 Å². The Labute approximate surface area is 157 Å². The second kappa shape index (κ2) is 8.53. The number of hydrogen-bond donors (Lipinski definition) is 3. The minimum Gasteiger partial charge on any atom is -0.505 e. The van der Waals surface area contributed by atoms with E-state index < -0.39 is 34.7 Å². The summed E-state index contributed by atoms with van der Waals surface area (Å²) in [6, 6.07) is 7.03. The molecule has 1 atom stereocenters. The number of rotatable bonds is 8. The fraction of sp³-hybridized carbons (Fsp3) is 0.350. The number of unbranched alkanes of at least 4 members (excludes halogenated alkanes) is 1. The molecule has 27 heavy (non-hydrogen) atoms. The van der Waals surface area contributed by atoms with Crippen LogP contribution in [-0.2, 0) is 6.42 Å². The van der Waals surface area contributed by atoms with E-state index in [1.54, 1.807) is 38.3 Å². The predicted molar refractivity (Wildman–Crippen MR) is 98.9 cm³/mol. The lowest BCUT2D eigenvalue weighted by atomic mass is 9.90. The van der Waals surface area contributed by atoms with Crippen molar-refractivity contribution in [2.75, 3.05) is 7.11 Å². The molecule has 1 aromatic carbocycles. The fourth-order valence-electron chi connectivity index (χ4n) is 2.95. The standard InChI is InChI=1S/C20H23NO6/c1-4-5-6-14-18(22)16(20(25)26)15(19(23)24)17(21-14)11(2)12-7-9-13(27-3)10-8-12/h7-11,22H,4-6H2,1-3H3,(H,23,24)(H,25,26). The Hall–Kier alpha value is -3.09. The van der Waals surface area contributed by atoms with Crippen molar-refractivity contribution in [1.29, 1.82) is 0 Å². The van der Waals surface area contributed by atoms with Crippen LogP contribution in [0.15, 0.2) is 24.3 Å². The first-order valence-corrected chi connectivity index (χ1v) is 8.68. The molecular weight excluding hydrogens is 350 g/mol. The maximum absolute atomic E-state index is 11.8. The van der Waals surface area contributed by atoms with Gasteiger partial charge in [0, 0.05) is 5.92 Å². The van der Waals surface area contributed by atoms with Crippen LogP contribution in [0.5, 0.6) is 11.5 Å². The minimum atomic E-state index is -1.49. The molecule has 1 unspecified atom stereocenters. The van der Waals surface area contributed by atoms with Crippen LogP contribution in [0.3, 0.4) is 0 Å². The molecule has 2 rings (SSSR count). The van der Waals surface area contributed by atoms with Crippen LogP contribution in [0.2, 0.25) is 0 Å². The highest BCUT2D eigenvalue weighted by atomic mass is 16.5. The monoisotopic (exact) mass is 373 g/mol. The molecule has 7 heteroatoms. The van der Waals surface area contributed by atoms with Gasteiger partial charge in [0.1, 0.15) is 11.3 Å². The molecule has 7 nitrogen and oxygen atoms in total. The second-order valence-electron chi connectivity index (χ2n) is 6.25. The van der Waals surface area contributed by atoms with E-state index in [0.717, 1.165) is 12.0 Å². The van der Waals surface area contributed by atoms with Gasteiger partial charge in [0.2, 0.25) is 0 Å². The van der Waals surface area contributed by atoms with Crippen LogP contribution < -0.4 is 4.74 Å². The molecule has 1 aromatic heterocycles. The molecule has 0 fully saturated rings. The number of methoxy groups -OCH3 is 1. The van der Waals surface area contributed by atoms with Crippen molar-refractivity contribution in [2.24, 2.45) is 0 Å². The van der Waals surface area contributed by atoms with Crippen LogP contribution in [0.4, 0.5) is 0 Å². The van der Waals surface area contributed by atoms with Crippen LogP contribution in [-0.4, -0.2) is 39.4 Å². The topological polar surface area (TPSA) is 117 Å². The summed E-state index contributed by atoms with van der Waals surface area (Å²) < 4.78 is 5.13. The summed E-state index contributed by atoms with van der Waals surface area (Å²) >= 11 is 0. The number of aryl methyl sites for hydroxylation is 1. The molecule has 0 saturated carbocycles. The summed E-state index contributed by atoms with van der Waals surface area (Å²) in [4.78, 5) is 27.9. The van der Waals surface area contributed by atoms with Crippen LogP contribution in [0.1, 0.15) is 70.3 Å². The average Bonchev–Trinajstić information content (AvgIpc) is 2.65. The maximum Gasteiger partial charge on any atom is 0.340 e. The Morgan fingerprint density at radius 1 is 1.11 bits per heavy atom. The Morgan fingerprint density at radius 2 is 1.70 bits per heavy atom. The summed E-state index contributed by atoms with van der Waals surface area (Å²) in [7, 11) is 1.54. The van der Waals surface area contributed by atoms with E-state index in [9.17, 15) is 24.9 Å². The van der Waals surface area contributed by atoms with Crippen molar-refractivity contribution in [3.05, 3.63) is 52.3 Å². The zero-order chi connectivity index (χ0) is 20.1. The van der Waals surface area contributed by atoms with Gasteiger partial charge in [0.25, 0.3) is 0 Å². The number of carboxylic acids is 2. The third kappa shape index (κ3) is 4.19. The van der Waals surface area contributed by atoms with Crippen LogP contribution in [0, 0.1) is 0 Å². The number of ether oxygens (including phenoxy) is 1. The summed E-state index contributed by atoms with van der Waals surface area (Å²) in [5, 5.41) is 29.5. The van der Waals surface area contributed by atoms with Gasteiger partial charge in [0.15, 0.2) is 5.75 Å². The Balaban J connectivity index is 2.68. The van der Waals surface area contributed by atoms with Gasteiger partial charge < -0.3 is 20.1 Å². The van der Waals surface area contributed by atoms with E-state index in [4.69, 9.17) is 4.74 Å². The SMILES string of the molecule is CCCCc1nc(C(C)c2ccc(OC)cc2)c(C(=O)O)c(C(=O)O)c1O. The first-order chi connectivity index (χ1) is 12.8. The molecule has 144 valence electrons.